The molecule has 0 radical (unpaired) electrons. The monoisotopic (exact) mass is 351 g/mol. The van der Waals surface area contributed by atoms with Crippen LogP contribution in [-0.4, -0.2) is 59.4 Å². The Labute approximate surface area is 152 Å². The highest BCUT2D eigenvalue weighted by molar-refractivity contribution is 5.97. The van der Waals surface area contributed by atoms with Gasteiger partial charge in [-0.05, 0) is 30.3 Å². The van der Waals surface area contributed by atoms with Crippen LogP contribution < -0.4 is 10.2 Å². The Hall–Kier alpha value is -3.22. The van der Waals surface area contributed by atoms with Crippen molar-refractivity contribution in [3.8, 4) is 0 Å². The zero-order valence-corrected chi connectivity index (χ0v) is 14.5. The first-order valence-electron chi connectivity index (χ1n) is 8.49. The van der Waals surface area contributed by atoms with Gasteiger partial charge in [0.2, 0.25) is 5.95 Å². The lowest BCUT2D eigenvalue weighted by Crippen LogP contribution is -2.49. The van der Waals surface area contributed by atoms with Crippen molar-refractivity contribution in [1.82, 2.24) is 20.2 Å². The van der Waals surface area contributed by atoms with Gasteiger partial charge in [0, 0.05) is 56.2 Å². The normalized spacial score (nSPS) is 14.0. The molecule has 7 nitrogen and oxygen atoms in total. The molecule has 0 bridgehead atoms. The van der Waals surface area contributed by atoms with Crippen LogP contribution in [-0.2, 0) is 0 Å². The maximum absolute atomic E-state index is 12.7. The van der Waals surface area contributed by atoms with E-state index in [1.54, 1.807) is 48.8 Å². The molecule has 7 heteroatoms. The second-order valence-electron chi connectivity index (χ2n) is 5.90. The van der Waals surface area contributed by atoms with Gasteiger partial charge in [0.15, 0.2) is 0 Å². The van der Waals surface area contributed by atoms with Crippen LogP contribution in [0.2, 0.25) is 0 Å². The van der Waals surface area contributed by atoms with Crippen LogP contribution in [0.5, 0.6) is 0 Å². The zero-order valence-electron chi connectivity index (χ0n) is 14.5. The summed E-state index contributed by atoms with van der Waals surface area (Å²) in [5.41, 5.74) is 1.10. The number of aromatic nitrogens is 2. The fourth-order valence-corrected chi connectivity index (χ4v) is 2.78. The smallest absolute Gasteiger partial charge is 0.253 e. The number of rotatable bonds is 5. The molecule has 1 aromatic heterocycles. The Kier molecular flexibility index (Phi) is 5.58. The van der Waals surface area contributed by atoms with Gasteiger partial charge >= 0.3 is 0 Å². The molecular formula is C19H21N5O2. The number of nitrogens with one attached hydrogen (secondary N) is 1. The predicted octanol–water partition coefficient (Wildman–Crippen LogP) is 1.35. The lowest BCUT2D eigenvalue weighted by Gasteiger charge is -2.34. The number of anilines is 1. The van der Waals surface area contributed by atoms with Crippen molar-refractivity contribution < 1.29 is 9.59 Å². The van der Waals surface area contributed by atoms with Gasteiger partial charge in [0.05, 0.1) is 0 Å². The maximum atomic E-state index is 12.7. The number of carbonyl (C=O) groups excluding carboxylic acids is 2. The summed E-state index contributed by atoms with van der Waals surface area (Å²) < 4.78 is 0. The van der Waals surface area contributed by atoms with E-state index in [1.807, 2.05) is 4.90 Å². The van der Waals surface area contributed by atoms with Crippen LogP contribution >= 0.6 is 0 Å². The minimum absolute atomic E-state index is 0.0309. The highest BCUT2D eigenvalue weighted by Crippen LogP contribution is 2.13. The minimum atomic E-state index is -0.180. The summed E-state index contributed by atoms with van der Waals surface area (Å²) in [7, 11) is 0. The molecule has 1 aliphatic heterocycles. The summed E-state index contributed by atoms with van der Waals surface area (Å²) in [5, 5.41) is 2.71. The van der Waals surface area contributed by atoms with Gasteiger partial charge in [-0.2, -0.15) is 0 Å². The molecule has 2 heterocycles. The fourth-order valence-electron chi connectivity index (χ4n) is 2.78. The molecule has 0 aliphatic carbocycles. The zero-order chi connectivity index (χ0) is 18.4. The lowest BCUT2D eigenvalue weighted by atomic mass is 10.1. The minimum Gasteiger partial charge on any atom is -0.349 e. The van der Waals surface area contributed by atoms with E-state index in [2.05, 4.69) is 26.8 Å². The van der Waals surface area contributed by atoms with Gasteiger partial charge in [-0.15, -0.1) is 6.58 Å². The van der Waals surface area contributed by atoms with E-state index >= 15 is 0 Å². The van der Waals surface area contributed by atoms with E-state index in [0.717, 1.165) is 0 Å². The number of hydrogen-bond donors (Lipinski definition) is 1. The van der Waals surface area contributed by atoms with Gasteiger partial charge in [-0.3, -0.25) is 9.59 Å². The molecule has 2 aromatic rings. The van der Waals surface area contributed by atoms with Crippen LogP contribution in [0.3, 0.4) is 0 Å². The van der Waals surface area contributed by atoms with Gasteiger partial charge in [0.25, 0.3) is 11.8 Å². The van der Waals surface area contributed by atoms with E-state index in [0.29, 0.717) is 49.8 Å². The Morgan fingerprint density at radius 3 is 2.27 bits per heavy atom. The summed E-state index contributed by atoms with van der Waals surface area (Å²) >= 11 is 0. The molecule has 1 fully saturated rings. The number of piperazine rings is 1. The molecule has 0 spiro atoms. The lowest BCUT2D eigenvalue weighted by molar-refractivity contribution is 0.0745. The molecule has 1 aliphatic rings. The molecule has 1 N–H and O–H groups in total. The Morgan fingerprint density at radius 1 is 1.04 bits per heavy atom. The summed E-state index contributed by atoms with van der Waals surface area (Å²) in [6, 6.07) is 8.50. The third-order valence-corrected chi connectivity index (χ3v) is 4.20. The number of hydrogen-bond acceptors (Lipinski definition) is 5. The fraction of sp³-hybridized carbons (Fsp3) is 0.263. The number of carbonyl (C=O) groups is 2. The van der Waals surface area contributed by atoms with E-state index in [-0.39, 0.29) is 11.8 Å². The van der Waals surface area contributed by atoms with Crippen molar-refractivity contribution in [2.75, 3.05) is 37.6 Å². The quantitative estimate of drug-likeness (QED) is 0.823. The summed E-state index contributed by atoms with van der Waals surface area (Å²) in [6.45, 7) is 6.58. The molecule has 1 aromatic carbocycles. The molecule has 2 amide bonds. The van der Waals surface area contributed by atoms with Crippen molar-refractivity contribution in [1.29, 1.82) is 0 Å². The standard InChI is InChI=1S/C19H21N5O2/c1-2-8-20-17(25)15-4-6-16(7-5-15)18(26)23-11-13-24(14-12-23)19-21-9-3-10-22-19/h2-7,9-10H,1,8,11-14H2,(H,20,25). The highest BCUT2D eigenvalue weighted by Gasteiger charge is 2.23. The third-order valence-electron chi connectivity index (χ3n) is 4.20. The van der Waals surface area contributed by atoms with E-state index in [1.165, 1.54) is 0 Å². The van der Waals surface area contributed by atoms with E-state index in [9.17, 15) is 9.59 Å². The highest BCUT2D eigenvalue weighted by atomic mass is 16.2. The van der Waals surface area contributed by atoms with Crippen molar-refractivity contribution in [3.63, 3.8) is 0 Å². The second-order valence-corrected chi connectivity index (χ2v) is 5.90. The average Bonchev–Trinajstić information content (AvgIpc) is 2.72. The van der Waals surface area contributed by atoms with Crippen molar-refractivity contribution >= 4 is 17.8 Å². The average molecular weight is 351 g/mol. The van der Waals surface area contributed by atoms with Crippen LogP contribution in [0.25, 0.3) is 0 Å². The maximum Gasteiger partial charge on any atom is 0.253 e. The summed E-state index contributed by atoms with van der Waals surface area (Å²) in [5.74, 6) is 0.478. The number of nitrogens with zero attached hydrogens (tertiary/aromatic N) is 4. The molecule has 26 heavy (non-hydrogen) atoms. The molecular weight excluding hydrogens is 330 g/mol. The Morgan fingerprint density at radius 2 is 1.65 bits per heavy atom. The van der Waals surface area contributed by atoms with E-state index < -0.39 is 0 Å². The van der Waals surface area contributed by atoms with Crippen molar-refractivity contribution in [2.45, 2.75) is 0 Å². The van der Waals surface area contributed by atoms with E-state index in [4.69, 9.17) is 0 Å². The third kappa shape index (κ3) is 4.05. The molecule has 0 saturated carbocycles. The van der Waals surface area contributed by atoms with Gasteiger partial charge in [-0.1, -0.05) is 6.08 Å². The first-order valence-corrected chi connectivity index (χ1v) is 8.49. The van der Waals surface area contributed by atoms with Crippen LogP contribution in [0.15, 0.2) is 55.4 Å². The summed E-state index contributed by atoms with van der Waals surface area (Å²) in [6.07, 6.45) is 5.05. The molecule has 1 saturated heterocycles. The van der Waals surface area contributed by atoms with Gasteiger partial charge in [-0.25, -0.2) is 9.97 Å². The first-order chi connectivity index (χ1) is 12.7. The molecule has 0 unspecified atom stereocenters. The number of benzene rings is 1. The second kappa shape index (κ2) is 8.24. The van der Waals surface area contributed by atoms with Gasteiger partial charge < -0.3 is 15.1 Å². The Bertz CT molecular complexity index is 768. The molecule has 134 valence electrons. The predicted molar refractivity (Wildman–Crippen MR) is 99.1 cm³/mol. The van der Waals surface area contributed by atoms with Crippen LogP contribution in [0.4, 0.5) is 5.95 Å². The SMILES string of the molecule is C=CCNC(=O)c1ccc(C(=O)N2CCN(c3ncccn3)CC2)cc1. The Balaban J connectivity index is 1.58. The topological polar surface area (TPSA) is 78.4 Å². The van der Waals surface area contributed by atoms with Crippen LogP contribution in [0, 0.1) is 0 Å². The van der Waals surface area contributed by atoms with Crippen molar-refractivity contribution in [2.24, 2.45) is 0 Å². The first kappa shape index (κ1) is 17.6. The molecule has 0 atom stereocenters. The molecule has 3 rings (SSSR count). The van der Waals surface area contributed by atoms with Crippen LogP contribution in [0.1, 0.15) is 20.7 Å². The summed E-state index contributed by atoms with van der Waals surface area (Å²) in [4.78, 5) is 36.9. The number of amides is 2. The largest absolute Gasteiger partial charge is 0.349 e. The van der Waals surface area contributed by atoms with Gasteiger partial charge in [0.1, 0.15) is 0 Å². The van der Waals surface area contributed by atoms with Crippen molar-refractivity contribution in [3.05, 3.63) is 66.5 Å².